The minimum absolute atomic E-state index is 0.336. The lowest BCUT2D eigenvalue weighted by Crippen LogP contribution is -2.06. The summed E-state index contributed by atoms with van der Waals surface area (Å²) in [7, 11) is 0. The molecule has 0 spiro atoms. The van der Waals surface area contributed by atoms with E-state index in [1.54, 1.807) is 10.4 Å². The second-order valence-electron chi connectivity index (χ2n) is 5.58. The lowest BCUT2D eigenvalue weighted by atomic mass is 9.99. The molecule has 0 saturated heterocycles. The van der Waals surface area contributed by atoms with E-state index in [4.69, 9.17) is 11.6 Å². The Morgan fingerprint density at radius 2 is 2.05 bits per heavy atom. The van der Waals surface area contributed by atoms with Gasteiger partial charge in [0, 0.05) is 20.5 Å². The molecule has 1 aliphatic carbocycles. The van der Waals surface area contributed by atoms with Crippen LogP contribution in [0, 0.1) is 6.92 Å². The zero-order valence-electron chi connectivity index (χ0n) is 12.0. The third-order valence-corrected chi connectivity index (χ3v) is 5.91. The summed E-state index contributed by atoms with van der Waals surface area (Å²) in [6, 6.07) is 8.78. The Morgan fingerprint density at radius 3 is 2.85 bits per heavy atom. The Bertz CT molecular complexity index is 594. The van der Waals surface area contributed by atoms with Crippen LogP contribution in [-0.2, 0) is 12.8 Å². The van der Waals surface area contributed by atoms with Crippen molar-refractivity contribution in [2.45, 2.75) is 45.6 Å². The minimum atomic E-state index is 0.336. The van der Waals surface area contributed by atoms with E-state index in [2.05, 4.69) is 31.3 Å². The van der Waals surface area contributed by atoms with Gasteiger partial charge in [0.05, 0.1) is 6.04 Å². The van der Waals surface area contributed by atoms with Gasteiger partial charge in [0.1, 0.15) is 0 Å². The molecule has 1 aromatic carbocycles. The van der Waals surface area contributed by atoms with Gasteiger partial charge in [0.25, 0.3) is 0 Å². The predicted molar refractivity (Wildman–Crippen MR) is 89.2 cm³/mol. The number of benzene rings is 1. The van der Waals surface area contributed by atoms with Crippen LogP contribution in [0.3, 0.4) is 0 Å². The first-order valence-corrected chi connectivity index (χ1v) is 8.47. The van der Waals surface area contributed by atoms with E-state index in [0.29, 0.717) is 6.04 Å². The van der Waals surface area contributed by atoms with Gasteiger partial charge in [-0.05, 0) is 68.9 Å². The molecule has 1 N–H and O–H groups in total. The van der Waals surface area contributed by atoms with Crippen LogP contribution in [-0.4, -0.2) is 0 Å². The van der Waals surface area contributed by atoms with Crippen LogP contribution in [0.2, 0.25) is 5.02 Å². The average Bonchev–Trinajstić information content (AvgIpc) is 2.88. The molecule has 1 unspecified atom stereocenters. The smallest absolute Gasteiger partial charge is 0.0578 e. The number of nitrogens with one attached hydrogen (secondary N) is 1. The molecule has 1 atom stereocenters. The molecule has 0 aliphatic heterocycles. The fraction of sp³-hybridized carbons (Fsp3) is 0.412. The molecular formula is C17H20ClNS. The molecule has 0 saturated carbocycles. The largest absolute Gasteiger partial charge is 0.377 e. The second kappa shape index (κ2) is 5.79. The van der Waals surface area contributed by atoms with E-state index < -0.39 is 0 Å². The van der Waals surface area contributed by atoms with Crippen molar-refractivity contribution >= 4 is 28.6 Å². The Hall–Kier alpha value is -0.990. The van der Waals surface area contributed by atoms with E-state index in [-0.39, 0.29) is 0 Å². The van der Waals surface area contributed by atoms with Crippen molar-refractivity contribution in [2.75, 3.05) is 5.32 Å². The van der Waals surface area contributed by atoms with Gasteiger partial charge in [-0.2, -0.15) is 0 Å². The summed E-state index contributed by atoms with van der Waals surface area (Å²) in [6.45, 7) is 4.30. The molecular weight excluding hydrogens is 286 g/mol. The summed E-state index contributed by atoms with van der Waals surface area (Å²) < 4.78 is 0. The maximum Gasteiger partial charge on any atom is 0.0578 e. The second-order valence-corrected chi connectivity index (χ2v) is 7.16. The van der Waals surface area contributed by atoms with Crippen LogP contribution in [0.5, 0.6) is 0 Å². The standard InChI is InChI=1S/C17H20ClNS/c1-11-14(18)7-5-8-15(11)19-12(2)17-10-13-6-3-4-9-16(13)20-17/h5,7-8,10,12,19H,3-4,6,9H2,1-2H3. The molecule has 0 radical (unpaired) electrons. The molecule has 1 aromatic heterocycles. The first kappa shape index (κ1) is 14.0. The monoisotopic (exact) mass is 305 g/mol. The maximum atomic E-state index is 6.19. The van der Waals surface area contributed by atoms with Crippen molar-refractivity contribution in [1.29, 1.82) is 0 Å². The average molecular weight is 306 g/mol. The van der Waals surface area contributed by atoms with Gasteiger partial charge in [-0.3, -0.25) is 0 Å². The number of hydrogen-bond donors (Lipinski definition) is 1. The van der Waals surface area contributed by atoms with Crippen molar-refractivity contribution in [1.82, 2.24) is 0 Å². The minimum Gasteiger partial charge on any atom is -0.377 e. The Kier molecular flexibility index (Phi) is 4.04. The van der Waals surface area contributed by atoms with Gasteiger partial charge in [-0.1, -0.05) is 17.7 Å². The highest BCUT2D eigenvalue weighted by molar-refractivity contribution is 7.12. The molecule has 0 bridgehead atoms. The summed E-state index contributed by atoms with van der Waals surface area (Å²) in [5.74, 6) is 0. The molecule has 1 nitrogen and oxygen atoms in total. The SMILES string of the molecule is Cc1c(Cl)cccc1NC(C)c1cc2c(s1)CCCC2. The molecule has 20 heavy (non-hydrogen) atoms. The van der Waals surface area contributed by atoms with Crippen molar-refractivity contribution in [3.8, 4) is 0 Å². The first-order valence-electron chi connectivity index (χ1n) is 7.28. The molecule has 1 aliphatic rings. The molecule has 106 valence electrons. The van der Waals surface area contributed by atoms with Gasteiger partial charge in [-0.15, -0.1) is 11.3 Å². The van der Waals surface area contributed by atoms with Crippen LogP contribution in [0.1, 0.15) is 46.7 Å². The highest BCUT2D eigenvalue weighted by atomic mass is 35.5. The molecule has 1 heterocycles. The van der Waals surface area contributed by atoms with Crippen LogP contribution in [0.4, 0.5) is 5.69 Å². The third-order valence-electron chi connectivity index (χ3n) is 4.08. The zero-order valence-corrected chi connectivity index (χ0v) is 13.6. The lowest BCUT2D eigenvalue weighted by molar-refractivity contribution is 0.696. The van der Waals surface area contributed by atoms with Crippen LogP contribution in [0.15, 0.2) is 24.3 Å². The highest BCUT2D eigenvalue weighted by Crippen LogP contribution is 2.35. The normalized spacial score (nSPS) is 15.8. The molecule has 3 rings (SSSR count). The summed E-state index contributed by atoms with van der Waals surface area (Å²) in [6.07, 6.45) is 5.22. The summed E-state index contributed by atoms with van der Waals surface area (Å²) >= 11 is 8.17. The third kappa shape index (κ3) is 2.72. The van der Waals surface area contributed by atoms with Crippen molar-refractivity contribution < 1.29 is 0 Å². The lowest BCUT2D eigenvalue weighted by Gasteiger charge is -2.16. The van der Waals surface area contributed by atoms with Crippen LogP contribution < -0.4 is 5.32 Å². The maximum absolute atomic E-state index is 6.19. The Morgan fingerprint density at radius 1 is 1.25 bits per heavy atom. The quantitative estimate of drug-likeness (QED) is 0.760. The van der Waals surface area contributed by atoms with Crippen molar-refractivity contribution in [2.24, 2.45) is 0 Å². The first-order chi connectivity index (χ1) is 9.65. The number of thiophene rings is 1. The summed E-state index contributed by atoms with van der Waals surface area (Å²) in [5.41, 5.74) is 3.84. The van der Waals surface area contributed by atoms with E-state index in [9.17, 15) is 0 Å². The molecule has 2 aromatic rings. The Labute approximate surface area is 130 Å². The summed E-state index contributed by atoms with van der Waals surface area (Å²) in [4.78, 5) is 3.04. The Balaban J connectivity index is 1.80. The number of fused-ring (bicyclic) bond motifs is 1. The van der Waals surface area contributed by atoms with Gasteiger partial charge in [0.15, 0.2) is 0 Å². The topological polar surface area (TPSA) is 12.0 Å². The number of halogens is 1. The molecule has 0 fully saturated rings. The number of hydrogen-bond acceptors (Lipinski definition) is 2. The predicted octanol–water partition coefficient (Wildman–Crippen LogP) is 5.76. The number of aryl methyl sites for hydroxylation is 2. The van der Waals surface area contributed by atoms with Crippen molar-refractivity contribution in [3.63, 3.8) is 0 Å². The van der Waals surface area contributed by atoms with E-state index in [0.717, 1.165) is 16.3 Å². The van der Waals surface area contributed by atoms with Crippen LogP contribution >= 0.6 is 22.9 Å². The van der Waals surface area contributed by atoms with Crippen molar-refractivity contribution in [3.05, 3.63) is 50.2 Å². The summed E-state index contributed by atoms with van der Waals surface area (Å²) in [5, 5.41) is 4.43. The van der Waals surface area contributed by atoms with Gasteiger partial charge in [-0.25, -0.2) is 0 Å². The molecule has 3 heteroatoms. The number of rotatable bonds is 3. The van der Waals surface area contributed by atoms with Crippen LogP contribution in [0.25, 0.3) is 0 Å². The van der Waals surface area contributed by atoms with E-state index in [1.165, 1.54) is 30.6 Å². The van der Waals surface area contributed by atoms with E-state index >= 15 is 0 Å². The van der Waals surface area contributed by atoms with Gasteiger partial charge >= 0.3 is 0 Å². The fourth-order valence-electron chi connectivity index (χ4n) is 2.80. The van der Waals surface area contributed by atoms with Gasteiger partial charge in [0.2, 0.25) is 0 Å². The highest BCUT2D eigenvalue weighted by Gasteiger charge is 2.17. The number of anilines is 1. The molecule has 0 amide bonds. The van der Waals surface area contributed by atoms with Gasteiger partial charge < -0.3 is 5.32 Å². The zero-order chi connectivity index (χ0) is 14.1. The fourth-order valence-corrected chi connectivity index (χ4v) is 4.23. The van der Waals surface area contributed by atoms with E-state index in [1.807, 2.05) is 23.5 Å².